The van der Waals surface area contributed by atoms with Gasteiger partial charge in [-0.05, 0) is 78.8 Å². The van der Waals surface area contributed by atoms with Crippen LogP contribution in [0, 0.1) is 40.4 Å². The molecule has 4 fully saturated rings. The topological polar surface area (TPSA) is 136 Å². The Labute approximate surface area is 325 Å². The van der Waals surface area contributed by atoms with E-state index in [0.29, 0.717) is 11.5 Å². The molecule has 11 nitrogen and oxygen atoms in total. The summed E-state index contributed by atoms with van der Waals surface area (Å²) < 4.78 is 34.1. The third-order valence-corrected chi connectivity index (χ3v) is 12.7. The predicted octanol–water partition coefficient (Wildman–Crippen LogP) is 7.38. The molecule has 4 aliphatic rings. The number of halogens is 2. The standard InChI is InChI=1S/C43H49F2N7O4/c1-24(2)26(5)38(53)51-22-41(15-16-41)18-33(51)37-47-30-14-11-28(17-31(30)48-37)8-7-27-9-12-29(13-10-27)32-20-46-36(49-32)34-19-42(21-43(42,44)45)23-52(34)39(54)35(25(3)4)50-40(55)56-6/h9-14,17,20,24-26,33-35H,15-16,18-19,21-23H2,1-6H3,(H,46,49)(H,47,48)(H,50,55)/t26-,33-,34-,35-,42-/m0/s1. The van der Waals surface area contributed by atoms with E-state index in [1.54, 1.807) is 20.0 Å². The Morgan fingerprint density at radius 1 is 0.875 bits per heavy atom. The van der Waals surface area contributed by atoms with E-state index in [-0.39, 0.29) is 54.5 Å². The number of alkyl carbamates (subject to hydrolysis) is 1. The lowest BCUT2D eigenvalue weighted by molar-refractivity contribution is -0.137. The van der Waals surface area contributed by atoms with Crippen LogP contribution in [-0.4, -0.2) is 79.8 Å². The molecule has 5 atom stereocenters. The van der Waals surface area contributed by atoms with Crippen LogP contribution >= 0.6 is 0 Å². The molecule has 0 radical (unpaired) electrons. The highest BCUT2D eigenvalue weighted by Gasteiger charge is 2.75. The highest BCUT2D eigenvalue weighted by molar-refractivity contribution is 5.87. The van der Waals surface area contributed by atoms with Gasteiger partial charge in [-0.2, -0.15) is 0 Å². The SMILES string of the molecule is COC(=O)N[C@H](C(=O)N1C[C@]2(C[C@H]1c1ncc(-c3ccc(C#Cc4ccc5nc([C@@H]6CC7(CC7)CN6C(=O)[C@@H](C)C(C)C)[nH]c5c4)cc3)[nH]1)CC2(F)F)C(C)C. The summed E-state index contributed by atoms with van der Waals surface area (Å²) in [5.74, 6) is 4.58. The van der Waals surface area contributed by atoms with Gasteiger partial charge in [0.05, 0.1) is 47.5 Å². The number of likely N-dealkylation sites (tertiary alicyclic amines) is 2. The van der Waals surface area contributed by atoms with Gasteiger partial charge in [0, 0.05) is 36.6 Å². The lowest BCUT2D eigenvalue weighted by Crippen LogP contribution is -2.51. The molecule has 8 rings (SSSR count). The fourth-order valence-electron chi connectivity index (χ4n) is 8.52. The number of hydrogen-bond donors (Lipinski definition) is 3. The summed E-state index contributed by atoms with van der Waals surface area (Å²) in [6.07, 6.45) is 3.94. The van der Waals surface area contributed by atoms with E-state index in [1.807, 2.05) is 49.4 Å². The Hall–Kier alpha value is -5.25. The van der Waals surface area contributed by atoms with Crippen molar-refractivity contribution < 1.29 is 27.9 Å². The predicted molar refractivity (Wildman–Crippen MR) is 206 cm³/mol. The van der Waals surface area contributed by atoms with Crippen molar-refractivity contribution in [2.75, 3.05) is 20.2 Å². The molecule has 4 heterocycles. The number of ether oxygens (including phenoxy) is 1. The number of H-pyrrole nitrogens is 2. The summed E-state index contributed by atoms with van der Waals surface area (Å²) >= 11 is 0. The molecule has 2 aromatic heterocycles. The first-order valence-corrected chi connectivity index (χ1v) is 19.6. The number of carbonyl (C=O) groups excluding carboxylic acids is 3. The van der Waals surface area contributed by atoms with Gasteiger partial charge < -0.3 is 29.8 Å². The molecule has 2 spiro atoms. The van der Waals surface area contributed by atoms with Crippen LogP contribution in [0.4, 0.5) is 13.6 Å². The molecule has 2 aliphatic carbocycles. The van der Waals surface area contributed by atoms with Crippen LogP contribution in [0.2, 0.25) is 0 Å². The number of fused-ring (bicyclic) bond motifs is 1. The molecular formula is C43H49F2N7O4. The van der Waals surface area contributed by atoms with Gasteiger partial charge in [0.1, 0.15) is 17.7 Å². The van der Waals surface area contributed by atoms with Gasteiger partial charge in [-0.25, -0.2) is 23.5 Å². The van der Waals surface area contributed by atoms with Gasteiger partial charge in [0.15, 0.2) is 0 Å². The van der Waals surface area contributed by atoms with E-state index < -0.39 is 35.4 Å². The summed E-state index contributed by atoms with van der Waals surface area (Å²) in [6, 6.07) is 11.9. The second kappa shape index (κ2) is 13.7. The van der Waals surface area contributed by atoms with Crippen LogP contribution < -0.4 is 5.32 Å². The summed E-state index contributed by atoms with van der Waals surface area (Å²) in [6.45, 7) is 10.5. The molecule has 2 aliphatic heterocycles. The summed E-state index contributed by atoms with van der Waals surface area (Å²) in [5.41, 5.74) is 3.80. The van der Waals surface area contributed by atoms with Crippen LogP contribution in [0.5, 0.6) is 0 Å². The molecule has 2 saturated carbocycles. The number of carbonyl (C=O) groups is 3. The smallest absolute Gasteiger partial charge is 0.407 e. The van der Waals surface area contributed by atoms with Crippen molar-refractivity contribution in [1.82, 2.24) is 35.1 Å². The third-order valence-electron chi connectivity index (χ3n) is 12.7. The molecule has 3 N–H and O–H groups in total. The average molecular weight is 766 g/mol. The van der Waals surface area contributed by atoms with Crippen molar-refractivity contribution in [3.05, 3.63) is 71.4 Å². The number of nitrogens with zero attached hydrogens (tertiary/aromatic N) is 4. The number of hydrogen-bond acceptors (Lipinski definition) is 6. The minimum Gasteiger partial charge on any atom is -0.453 e. The molecular weight excluding hydrogens is 717 g/mol. The highest BCUT2D eigenvalue weighted by atomic mass is 19.3. The molecule has 294 valence electrons. The maximum absolute atomic E-state index is 14.7. The highest BCUT2D eigenvalue weighted by Crippen LogP contribution is 2.68. The van der Waals surface area contributed by atoms with E-state index in [2.05, 4.69) is 50.9 Å². The van der Waals surface area contributed by atoms with Gasteiger partial charge in [-0.15, -0.1) is 0 Å². The van der Waals surface area contributed by atoms with E-state index in [1.165, 1.54) is 12.0 Å². The van der Waals surface area contributed by atoms with Crippen LogP contribution in [0.1, 0.15) is 102 Å². The number of benzene rings is 2. The summed E-state index contributed by atoms with van der Waals surface area (Å²) in [5, 5.41) is 2.58. The molecule has 0 unspecified atom stereocenters. The maximum atomic E-state index is 14.7. The van der Waals surface area contributed by atoms with Gasteiger partial charge in [-0.3, -0.25) is 9.59 Å². The van der Waals surface area contributed by atoms with E-state index in [0.717, 1.165) is 59.4 Å². The van der Waals surface area contributed by atoms with Gasteiger partial charge in [0.2, 0.25) is 11.8 Å². The first-order chi connectivity index (χ1) is 26.6. The number of aromatic nitrogens is 4. The van der Waals surface area contributed by atoms with Crippen LogP contribution in [-0.2, 0) is 14.3 Å². The Kier molecular flexibility index (Phi) is 9.24. The van der Waals surface area contributed by atoms with Crippen molar-refractivity contribution in [3.8, 4) is 23.1 Å². The molecule has 4 aromatic rings. The molecule has 13 heteroatoms. The average Bonchev–Trinajstić information content (AvgIpc) is 3.60. The molecule has 2 saturated heterocycles. The normalized spacial score (nSPS) is 24.1. The Morgan fingerprint density at radius 2 is 1.54 bits per heavy atom. The zero-order valence-corrected chi connectivity index (χ0v) is 32.7. The number of nitrogens with one attached hydrogen (secondary N) is 3. The van der Waals surface area contributed by atoms with Crippen LogP contribution in [0.3, 0.4) is 0 Å². The first kappa shape index (κ1) is 37.7. The number of amides is 3. The van der Waals surface area contributed by atoms with Crippen molar-refractivity contribution in [1.29, 1.82) is 0 Å². The van der Waals surface area contributed by atoms with E-state index in [4.69, 9.17) is 9.72 Å². The monoisotopic (exact) mass is 765 g/mol. The number of imidazole rings is 2. The van der Waals surface area contributed by atoms with Crippen molar-refractivity contribution in [2.45, 2.75) is 90.8 Å². The van der Waals surface area contributed by atoms with Gasteiger partial charge in [0.25, 0.3) is 5.92 Å². The van der Waals surface area contributed by atoms with Gasteiger partial charge in [-0.1, -0.05) is 58.6 Å². The largest absolute Gasteiger partial charge is 0.453 e. The number of alkyl halides is 2. The molecule has 2 aromatic carbocycles. The zero-order chi connectivity index (χ0) is 39.7. The third kappa shape index (κ3) is 6.81. The van der Waals surface area contributed by atoms with Gasteiger partial charge >= 0.3 is 6.09 Å². The van der Waals surface area contributed by atoms with Crippen molar-refractivity contribution in [3.63, 3.8) is 0 Å². The lowest BCUT2D eigenvalue weighted by Gasteiger charge is -2.30. The van der Waals surface area contributed by atoms with E-state index in [9.17, 15) is 23.2 Å². The zero-order valence-electron chi connectivity index (χ0n) is 32.7. The molecule has 0 bridgehead atoms. The first-order valence-electron chi connectivity index (χ1n) is 19.6. The van der Waals surface area contributed by atoms with Crippen molar-refractivity contribution >= 4 is 28.9 Å². The van der Waals surface area contributed by atoms with Crippen LogP contribution in [0.25, 0.3) is 22.3 Å². The second-order valence-corrected chi connectivity index (χ2v) is 17.3. The minimum absolute atomic E-state index is 0.0427. The Balaban J connectivity index is 0.972. The number of aromatic amines is 2. The van der Waals surface area contributed by atoms with Crippen LogP contribution in [0.15, 0.2) is 48.7 Å². The minimum atomic E-state index is -2.87. The van der Waals surface area contributed by atoms with Crippen molar-refractivity contribution in [2.24, 2.45) is 28.6 Å². The molecule has 56 heavy (non-hydrogen) atoms. The number of rotatable bonds is 8. The fourth-order valence-corrected chi connectivity index (χ4v) is 8.52. The maximum Gasteiger partial charge on any atom is 0.407 e. The second-order valence-electron chi connectivity index (χ2n) is 17.3. The Morgan fingerprint density at radius 3 is 2.18 bits per heavy atom. The quantitative estimate of drug-likeness (QED) is 0.160. The number of methoxy groups -OCH3 is 1. The van der Waals surface area contributed by atoms with E-state index >= 15 is 0 Å². The fraction of sp³-hybridized carbons (Fsp3) is 0.512. The summed E-state index contributed by atoms with van der Waals surface area (Å²) in [7, 11) is 1.21. The Bertz CT molecular complexity index is 2250. The lowest BCUT2D eigenvalue weighted by atomic mass is 9.96. The molecule has 3 amide bonds. The summed E-state index contributed by atoms with van der Waals surface area (Å²) in [4.78, 5) is 59.1.